The second-order valence-corrected chi connectivity index (χ2v) is 4.37. The van der Waals surface area contributed by atoms with Crippen LogP contribution in [0.4, 0.5) is 5.82 Å². The molecule has 0 amide bonds. The summed E-state index contributed by atoms with van der Waals surface area (Å²) in [4.78, 5) is 12.7. The van der Waals surface area contributed by atoms with Gasteiger partial charge in [-0.2, -0.15) is 0 Å². The standard InChI is InChI=1S/C15H20N4O2/c1-4-6-17-15-14(20-3)13(18-10-19-15)11-7-12(21-5-2)9-16-8-11/h7-10H,4-6H2,1-3H3,(H,17,18,19). The van der Waals surface area contributed by atoms with Crippen molar-refractivity contribution in [2.75, 3.05) is 25.6 Å². The molecule has 6 heteroatoms. The Morgan fingerprint density at radius 1 is 1.19 bits per heavy atom. The minimum atomic E-state index is 0.593. The lowest BCUT2D eigenvalue weighted by atomic mass is 10.2. The van der Waals surface area contributed by atoms with Crippen LogP contribution in [-0.4, -0.2) is 35.2 Å². The van der Waals surface area contributed by atoms with Crippen LogP contribution in [-0.2, 0) is 0 Å². The lowest BCUT2D eigenvalue weighted by Gasteiger charge is -2.13. The van der Waals surface area contributed by atoms with Gasteiger partial charge in [0, 0.05) is 18.3 Å². The maximum absolute atomic E-state index is 5.47. The Kier molecular flexibility index (Phi) is 5.31. The van der Waals surface area contributed by atoms with E-state index in [1.807, 2.05) is 13.0 Å². The van der Waals surface area contributed by atoms with Crippen molar-refractivity contribution in [2.24, 2.45) is 0 Å². The highest BCUT2D eigenvalue weighted by molar-refractivity contribution is 5.72. The molecule has 0 aromatic carbocycles. The molecule has 2 rings (SSSR count). The van der Waals surface area contributed by atoms with Gasteiger partial charge in [-0.05, 0) is 19.4 Å². The van der Waals surface area contributed by atoms with E-state index in [4.69, 9.17) is 9.47 Å². The lowest BCUT2D eigenvalue weighted by molar-refractivity contribution is 0.339. The first kappa shape index (κ1) is 15.0. The van der Waals surface area contributed by atoms with Gasteiger partial charge in [-0.3, -0.25) is 4.98 Å². The third-order valence-corrected chi connectivity index (χ3v) is 2.85. The van der Waals surface area contributed by atoms with Crippen LogP contribution >= 0.6 is 0 Å². The molecular formula is C15H20N4O2. The summed E-state index contributed by atoms with van der Waals surface area (Å²) >= 11 is 0. The number of anilines is 1. The van der Waals surface area contributed by atoms with E-state index >= 15 is 0 Å². The predicted octanol–water partition coefficient (Wildman–Crippen LogP) is 2.77. The van der Waals surface area contributed by atoms with Crippen molar-refractivity contribution in [1.82, 2.24) is 15.0 Å². The monoisotopic (exact) mass is 288 g/mol. The fraction of sp³-hybridized carbons (Fsp3) is 0.400. The zero-order valence-electron chi connectivity index (χ0n) is 12.6. The topological polar surface area (TPSA) is 69.2 Å². The van der Waals surface area contributed by atoms with Crippen LogP contribution in [0.15, 0.2) is 24.8 Å². The summed E-state index contributed by atoms with van der Waals surface area (Å²) in [6, 6.07) is 1.89. The number of hydrogen-bond donors (Lipinski definition) is 1. The predicted molar refractivity (Wildman–Crippen MR) is 81.8 cm³/mol. The third-order valence-electron chi connectivity index (χ3n) is 2.85. The van der Waals surface area contributed by atoms with Gasteiger partial charge in [0.25, 0.3) is 0 Å². The first-order chi connectivity index (χ1) is 10.3. The first-order valence-corrected chi connectivity index (χ1v) is 7.01. The van der Waals surface area contributed by atoms with Gasteiger partial charge >= 0.3 is 0 Å². The fourth-order valence-electron chi connectivity index (χ4n) is 1.94. The average Bonchev–Trinajstić information content (AvgIpc) is 2.53. The molecule has 0 atom stereocenters. The van der Waals surface area contributed by atoms with E-state index in [9.17, 15) is 0 Å². The molecule has 2 aromatic heterocycles. The number of nitrogens with one attached hydrogen (secondary N) is 1. The Morgan fingerprint density at radius 2 is 2.05 bits per heavy atom. The van der Waals surface area contributed by atoms with Gasteiger partial charge in [0.2, 0.25) is 0 Å². The van der Waals surface area contributed by atoms with Crippen molar-refractivity contribution in [1.29, 1.82) is 0 Å². The number of hydrogen-bond acceptors (Lipinski definition) is 6. The third kappa shape index (κ3) is 3.59. The Morgan fingerprint density at radius 3 is 2.76 bits per heavy atom. The summed E-state index contributed by atoms with van der Waals surface area (Å²) in [6.45, 7) is 5.45. The summed E-state index contributed by atoms with van der Waals surface area (Å²) in [7, 11) is 1.61. The van der Waals surface area contributed by atoms with Crippen molar-refractivity contribution >= 4 is 5.82 Å². The quantitative estimate of drug-likeness (QED) is 0.845. The summed E-state index contributed by atoms with van der Waals surface area (Å²) in [6.07, 6.45) is 5.93. The normalized spacial score (nSPS) is 10.2. The lowest BCUT2D eigenvalue weighted by Crippen LogP contribution is -2.06. The highest BCUT2D eigenvalue weighted by Gasteiger charge is 2.14. The molecule has 6 nitrogen and oxygen atoms in total. The van der Waals surface area contributed by atoms with Crippen LogP contribution in [0.2, 0.25) is 0 Å². The maximum atomic E-state index is 5.47. The molecule has 0 spiro atoms. The van der Waals surface area contributed by atoms with Crippen molar-refractivity contribution in [2.45, 2.75) is 20.3 Å². The minimum absolute atomic E-state index is 0.593. The molecule has 0 aliphatic rings. The van der Waals surface area contributed by atoms with E-state index in [0.717, 1.165) is 18.5 Å². The Balaban J connectivity index is 2.40. The molecule has 0 unspecified atom stereocenters. The Labute approximate surface area is 124 Å². The molecule has 1 N–H and O–H groups in total. The second kappa shape index (κ2) is 7.42. The highest BCUT2D eigenvalue weighted by atomic mass is 16.5. The zero-order chi connectivity index (χ0) is 15.1. The molecule has 2 heterocycles. The summed E-state index contributed by atoms with van der Waals surface area (Å²) < 4.78 is 10.9. The Bertz CT molecular complexity index is 590. The number of methoxy groups -OCH3 is 1. The van der Waals surface area contributed by atoms with Crippen molar-refractivity contribution in [3.63, 3.8) is 0 Å². The van der Waals surface area contributed by atoms with Crippen LogP contribution in [0.5, 0.6) is 11.5 Å². The highest BCUT2D eigenvalue weighted by Crippen LogP contribution is 2.33. The molecule has 0 saturated heterocycles. The number of rotatable bonds is 7. The van der Waals surface area contributed by atoms with E-state index in [1.54, 1.807) is 19.5 Å². The van der Waals surface area contributed by atoms with Gasteiger partial charge in [-0.15, -0.1) is 0 Å². The average molecular weight is 288 g/mol. The molecular weight excluding hydrogens is 268 g/mol. The van der Waals surface area contributed by atoms with Crippen LogP contribution in [0.1, 0.15) is 20.3 Å². The maximum Gasteiger partial charge on any atom is 0.187 e. The first-order valence-electron chi connectivity index (χ1n) is 7.01. The van der Waals surface area contributed by atoms with Gasteiger partial charge in [0.15, 0.2) is 11.6 Å². The van der Waals surface area contributed by atoms with E-state index in [2.05, 4.69) is 27.2 Å². The number of ether oxygens (including phenoxy) is 2. The molecule has 2 aromatic rings. The van der Waals surface area contributed by atoms with Crippen molar-refractivity contribution in [3.8, 4) is 22.8 Å². The van der Waals surface area contributed by atoms with Crippen LogP contribution in [0, 0.1) is 0 Å². The van der Waals surface area contributed by atoms with Crippen LogP contribution in [0.25, 0.3) is 11.3 Å². The van der Waals surface area contributed by atoms with Gasteiger partial charge in [0.05, 0.1) is 19.9 Å². The van der Waals surface area contributed by atoms with E-state index in [1.165, 1.54) is 6.33 Å². The molecule has 0 aliphatic heterocycles. The van der Waals surface area contributed by atoms with Crippen LogP contribution < -0.4 is 14.8 Å². The molecule has 0 bridgehead atoms. The molecule has 0 aliphatic carbocycles. The SMILES string of the molecule is CCCNc1ncnc(-c2cncc(OCC)c2)c1OC. The molecule has 0 saturated carbocycles. The van der Waals surface area contributed by atoms with Crippen molar-refractivity contribution < 1.29 is 9.47 Å². The van der Waals surface area contributed by atoms with Crippen LogP contribution in [0.3, 0.4) is 0 Å². The Hall–Kier alpha value is -2.37. The smallest absolute Gasteiger partial charge is 0.187 e. The largest absolute Gasteiger partial charge is 0.492 e. The number of aromatic nitrogens is 3. The minimum Gasteiger partial charge on any atom is -0.492 e. The van der Waals surface area contributed by atoms with E-state index in [0.29, 0.717) is 29.6 Å². The molecule has 112 valence electrons. The molecule has 0 fully saturated rings. The van der Waals surface area contributed by atoms with E-state index in [-0.39, 0.29) is 0 Å². The fourth-order valence-corrected chi connectivity index (χ4v) is 1.94. The van der Waals surface area contributed by atoms with Gasteiger partial charge < -0.3 is 14.8 Å². The van der Waals surface area contributed by atoms with Gasteiger partial charge in [-0.25, -0.2) is 9.97 Å². The molecule has 21 heavy (non-hydrogen) atoms. The van der Waals surface area contributed by atoms with E-state index < -0.39 is 0 Å². The second-order valence-electron chi connectivity index (χ2n) is 4.37. The van der Waals surface area contributed by atoms with Gasteiger partial charge in [-0.1, -0.05) is 6.92 Å². The number of pyridine rings is 1. The van der Waals surface area contributed by atoms with Gasteiger partial charge in [0.1, 0.15) is 17.8 Å². The van der Waals surface area contributed by atoms with Crippen molar-refractivity contribution in [3.05, 3.63) is 24.8 Å². The summed E-state index contributed by atoms with van der Waals surface area (Å²) in [5, 5.41) is 3.24. The molecule has 0 radical (unpaired) electrons. The summed E-state index contributed by atoms with van der Waals surface area (Å²) in [5.74, 6) is 2.01. The summed E-state index contributed by atoms with van der Waals surface area (Å²) in [5.41, 5.74) is 1.53. The number of nitrogens with zero attached hydrogens (tertiary/aromatic N) is 3. The zero-order valence-corrected chi connectivity index (χ0v) is 12.6.